The minimum Gasteiger partial charge on any atom is -0.309 e. The second kappa shape index (κ2) is 13.8. The first-order valence-corrected chi connectivity index (χ1v) is 20.1. The molecule has 254 valence electrons. The summed E-state index contributed by atoms with van der Waals surface area (Å²) in [5.41, 5.74) is 9.32. The zero-order chi connectivity index (χ0) is 36.5. The van der Waals surface area contributed by atoms with E-state index in [1.165, 1.54) is 20.7 Å². The zero-order valence-corrected chi connectivity index (χ0v) is 30.4. The molecule has 1 aliphatic rings. The van der Waals surface area contributed by atoms with Crippen molar-refractivity contribution in [3.63, 3.8) is 0 Å². The molecular weight excluding hydrogens is 673 g/mol. The summed E-state index contributed by atoms with van der Waals surface area (Å²) >= 11 is 0. The van der Waals surface area contributed by atoms with Crippen LogP contribution >= 0.6 is 0 Å². The lowest BCUT2D eigenvalue weighted by Crippen LogP contribution is -2.77. The Bertz CT molecular complexity index is 2580. The number of benzene rings is 8. The van der Waals surface area contributed by atoms with E-state index in [0.29, 0.717) is 16.7 Å². The summed E-state index contributed by atoms with van der Waals surface area (Å²) < 4.78 is 0. The van der Waals surface area contributed by atoms with Crippen molar-refractivity contribution >= 4 is 51.7 Å². The molecule has 0 aromatic heterocycles. The third-order valence-corrected chi connectivity index (χ3v) is 15.5. The monoisotopic (exact) mass is 706 g/mol. The normalized spacial score (nSPS) is 12.6. The Kier molecular flexibility index (Phi) is 8.40. The molecule has 9 rings (SSSR count). The Balaban J connectivity index is 1.33. The van der Waals surface area contributed by atoms with Gasteiger partial charge < -0.3 is 4.90 Å². The molecule has 0 aliphatic carbocycles. The Labute approximate surface area is 316 Å². The molecule has 4 heteroatoms. The van der Waals surface area contributed by atoms with Crippen LogP contribution in [0.4, 0.5) is 17.1 Å². The molecule has 1 heterocycles. The van der Waals surface area contributed by atoms with E-state index in [9.17, 15) is 10.1 Å². The largest absolute Gasteiger partial charge is 0.309 e. The molecule has 3 nitrogen and oxygen atoms in total. The second-order valence-corrected chi connectivity index (χ2v) is 17.2. The van der Waals surface area contributed by atoms with Crippen LogP contribution in [0.25, 0.3) is 22.3 Å². The van der Waals surface area contributed by atoms with Gasteiger partial charge in [-0.25, -0.2) is 0 Å². The topological polar surface area (TPSA) is 44.1 Å². The van der Waals surface area contributed by atoms with Crippen molar-refractivity contribution in [3.8, 4) is 28.3 Å². The average Bonchev–Trinajstić information content (AvgIpc) is 3.26. The molecule has 0 spiro atoms. The highest BCUT2D eigenvalue weighted by Crippen LogP contribution is 2.47. The molecule has 0 fully saturated rings. The van der Waals surface area contributed by atoms with E-state index >= 15 is 0 Å². The Hall–Kier alpha value is -7.06. The number of nitriles is 1. The summed E-state index contributed by atoms with van der Waals surface area (Å²) in [4.78, 5) is 15.9. The first-order valence-electron chi connectivity index (χ1n) is 18.1. The van der Waals surface area contributed by atoms with Crippen LogP contribution in [0.1, 0.15) is 21.5 Å². The van der Waals surface area contributed by atoms with Gasteiger partial charge in [0.2, 0.25) is 0 Å². The zero-order valence-electron chi connectivity index (χ0n) is 29.4. The van der Waals surface area contributed by atoms with Gasteiger partial charge in [0.1, 0.15) is 0 Å². The highest BCUT2D eigenvalue weighted by atomic mass is 28.3. The van der Waals surface area contributed by atoms with E-state index in [1.807, 2.05) is 66.7 Å². The van der Waals surface area contributed by atoms with Crippen LogP contribution in [-0.2, 0) is 0 Å². The van der Waals surface area contributed by atoms with Crippen molar-refractivity contribution in [2.75, 3.05) is 4.90 Å². The molecule has 1 aliphatic heterocycles. The fourth-order valence-electron chi connectivity index (χ4n) is 8.18. The summed E-state index contributed by atoms with van der Waals surface area (Å²) in [6.07, 6.45) is 0. The summed E-state index contributed by atoms with van der Waals surface area (Å²) in [6.45, 7) is 0. The minimum atomic E-state index is -2.82. The lowest BCUT2D eigenvalue weighted by molar-refractivity contribution is 0.103. The summed E-state index contributed by atoms with van der Waals surface area (Å²) in [7, 11) is -2.82. The second-order valence-electron chi connectivity index (χ2n) is 13.5. The van der Waals surface area contributed by atoms with E-state index in [2.05, 4.69) is 150 Å². The van der Waals surface area contributed by atoms with Gasteiger partial charge in [-0.05, 0) is 56.1 Å². The maximum atomic E-state index is 13.4. The Morgan fingerprint density at radius 3 is 1.37 bits per heavy atom. The standard InChI is InChI=1S/C50H34N2OSi/c51-35-36-27-29-37(30-28-36)43-21-14-22-44(38-31-33-40(34-32-38)50(53)39-15-4-1-5-16-39)49(43)52-45-23-10-12-25-47(45)54(41-17-6-2-7-18-41,42-19-8-3-9-20-42)48-26-13-11-24-46(48)52/h1-34H. The van der Waals surface area contributed by atoms with Crippen molar-refractivity contribution in [2.24, 2.45) is 0 Å². The predicted octanol–water partition coefficient (Wildman–Crippen LogP) is 9.28. The van der Waals surface area contributed by atoms with Gasteiger partial charge in [-0.3, -0.25) is 4.79 Å². The van der Waals surface area contributed by atoms with Crippen LogP contribution in [-0.4, -0.2) is 13.9 Å². The number of carbonyl (C=O) groups is 1. The number of rotatable bonds is 7. The van der Waals surface area contributed by atoms with Gasteiger partial charge in [0.05, 0.1) is 17.3 Å². The molecule has 0 amide bonds. The van der Waals surface area contributed by atoms with Gasteiger partial charge in [-0.2, -0.15) is 5.26 Å². The Morgan fingerprint density at radius 2 is 0.870 bits per heavy atom. The number of hydrogen-bond donors (Lipinski definition) is 0. The van der Waals surface area contributed by atoms with Crippen LogP contribution in [0.5, 0.6) is 0 Å². The molecule has 0 bridgehead atoms. The molecular formula is C50H34N2OSi. The van der Waals surface area contributed by atoms with Crippen LogP contribution < -0.4 is 25.6 Å². The average molecular weight is 707 g/mol. The summed E-state index contributed by atoms with van der Waals surface area (Å²) in [5.74, 6) is -0.00397. The summed E-state index contributed by atoms with van der Waals surface area (Å²) in [6, 6.07) is 73.9. The predicted molar refractivity (Wildman–Crippen MR) is 224 cm³/mol. The third kappa shape index (κ3) is 5.38. The first-order chi connectivity index (χ1) is 26.7. The SMILES string of the molecule is N#Cc1ccc(-c2cccc(-c3ccc(C(=O)c4ccccc4)cc3)c2N2c3ccccc3[Si](c3ccccc3)(c3ccccc3)c3ccccc32)cc1. The lowest BCUT2D eigenvalue weighted by Gasteiger charge is -2.45. The smallest absolute Gasteiger partial charge is 0.193 e. The van der Waals surface area contributed by atoms with E-state index in [0.717, 1.165) is 39.3 Å². The Morgan fingerprint density at radius 1 is 0.444 bits per heavy atom. The fraction of sp³-hybridized carbons (Fsp3) is 0. The number of nitrogens with zero attached hydrogens (tertiary/aromatic N) is 2. The van der Waals surface area contributed by atoms with Crippen LogP contribution in [0.3, 0.4) is 0 Å². The molecule has 0 unspecified atom stereocenters. The molecule has 0 N–H and O–H groups in total. The number of hydrogen-bond acceptors (Lipinski definition) is 3. The minimum absolute atomic E-state index is 0.00397. The van der Waals surface area contributed by atoms with E-state index in [4.69, 9.17) is 0 Å². The molecule has 0 saturated heterocycles. The number of anilines is 3. The molecule has 8 aromatic rings. The fourth-order valence-corrected chi connectivity index (χ4v) is 13.3. The van der Waals surface area contributed by atoms with E-state index in [-0.39, 0.29) is 5.78 Å². The molecule has 8 aromatic carbocycles. The van der Waals surface area contributed by atoms with Crippen LogP contribution in [0.15, 0.2) is 206 Å². The van der Waals surface area contributed by atoms with Gasteiger partial charge >= 0.3 is 0 Å². The van der Waals surface area contributed by atoms with Gasteiger partial charge in [0.15, 0.2) is 13.9 Å². The van der Waals surface area contributed by atoms with Crippen molar-refractivity contribution in [3.05, 3.63) is 223 Å². The highest BCUT2D eigenvalue weighted by molar-refractivity contribution is 7.21. The van der Waals surface area contributed by atoms with Crippen molar-refractivity contribution in [1.82, 2.24) is 0 Å². The quantitative estimate of drug-likeness (QED) is 0.123. The van der Waals surface area contributed by atoms with E-state index < -0.39 is 8.07 Å². The third-order valence-electron chi connectivity index (χ3n) is 10.6. The van der Waals surface area contributed by atoms with Crippen molar-refractivity contribution < 1.29 is 4.79 Å². The lowest BCUT2D eigenvalue weighted by atomic mass is 9.92. The maximum Gasteiger partial charge on any atom is 0.193 e. The van der Waals surface area contributed by atoms with Gasteiger partial charge in [-0.1, -0.05) is 182 Å². The number of para-hydroxylation sites is 3. The number of carbonyl (C=O) groups excluding carboxylic acids is 1. The summed E-state index contributed by atoms with van der Waals surface area (Å²) in [5, 5.41) is 14.9. The van der Waals surface area contributed by atoms with Gasteiger partial charge in [0.25, 0.3) is 0 Å². The van der Waals surface area contributed by atoms with Crippen LogP contribution in [0, 0.1) is 11.3 Å². The molecule has 0 saturated carbocycles. The molecule has 54 heavy (non-hydrogen) atoms. The molecule has 0 atom stereocenters. The first kappa shape index (κ1) is 32.8. The van der Waals surface area contributed by atoms with Crippen LogP contribution in [0.2, 0.25) is 0 Å². The van der Waals surface area contributed by atoms with Gasteiger partial charge in [-0.15, -0.1) is 0 Å². The van der Waals surface area contributed by atoms with Crippen molar-refractivity contribution in [1.29, 1.82) is 5.26 Å². The number of fused-ring (bicyclic) bond motifs is 2. The maximum absolute atomic E-state index is 13.4. The molecule has 0 radical (unpaired) electrons. The van der Waals surface area contributed by atoms with E-state index in [1.54, 1.807) is 0 Å². The van der Waals surface area contributed by atoms with Gasteiger partial charge in [0, 0.05) is 33.6 Å². The van der Waals surface area contributed by atoms with Crippen molar-refractivity contribution in [2.45, 2.75) is 0 Å². The number of ketones is 1. The highest BCUT2D eigenvalue weighted by Gasteiger charge is 2.49.